The maximum Gasteiger partial charge on any atom is 0.335 e. The first-order chi connectivity index (χ1) is 13.9. The Kier molecular flexibility index (Phi) is 5.51. The van der Waals surface area contributed by atoms with Gasteiger partial charge in [-0.05, 0) is 59.3 Å². The second-order valence-corrected chi connectivity index (χ2v) is 8.95. The number of nitrogens with zero attached hydrogens (tertiary/aromatic N) is 5. The summed E-state index contributed by atoms with van der Waals surface area (Å²) in [5, 5.41) is 0. The molecular formula is C22H28BrN5O. The molecule has 0 bridgehead atoms. The molecule has 3 aromatic rings. The Morgan fingerprint density at radius 1 is 1.21 bits per heavy atom. The van der Waals surface area contributed by atoms with Crippen LogP contribution in [0.5, 0.6) is 0 Å². The van der Waals surface area contributed by atoms with Gasteiger partial charge in [-0.3, -0.25) is 4.57 Å². The summed E-state index contributed by atoms with van der Waals surface area (Å²) in [5.41, 5.74) is 3.56. The standard InChI is InChI=1S/C22H28BrN5O/c1-5-6-10-26-11-7-12-27-19-20(26)24-15(4)25-21(19)28(22(27)29)18-9-8-16(14(2)3)13-17(18)23/h8-9,13-14H,5-7,10-12H2,1-4H3. The van der Waals surface area contributed by atoms with E-state index in [0.29, 0.717) is 23.9 Å². The molecule has 29 heavy (non-hydrogen) atoms. The topological polar surface area (TPSA) is 56.0 Å². The molecule has 0 atom stereocenters. The number of benzene rings is 1. The second-order valence-electron chi connectivity index (χ2n) is 8.10. The van der Waals surface area contributed by atoms with Gasteiger partial charge < -0.3 is 4.90 Å². The highest BCUT2D eigenvalue weighted by molar-refractivity contribution is 9.10. The highest BCUT2D eigenvalue weighted by atomic mass is 79.9. The predicted molar refractivity (Wildman–Crippen MR) is 121 cm³/mol. The number of hydrogen-bond acceptors (Lipinski definition) is 4. The van der Waals surface area contributed by atoms with Crippen LogP contribution in [0.2, 0.25) is 0 Å². The number of imidazole rings is 1. The first-order valence-electron chi connectivity index (χ1n) is 10.5. The lowest BCUT2D eigenvalue weighted by Gasteiger charge is -2.22. The quantitative estimate of drug-likeness (QED) is 0.552. The Morgan fingerprint density at radius 2 is 2.00 bits per heavy atom. The Morgan fingerprint density at radius 3 is 2.69 bits per heavy atom. The fourth-order valence-corrected chi connectivity index (χ4v) is 4.62. The first kappa shape index (κ1) is 20.1. The summed E-state index contributed by atoms with van der Waals surface area (Å²) in [4.78, 5) is 25.3. The Hall–Kier alpha value is -2.15. The summed E-state index contributed by atoms with van der Waals surface area (Å²) in [6.07, 6.45) is 3.16. The van der Waals surface area contributed by atoms with Crippen molar-refractivity contribution in [2.45, 2.75) is 59.4 Å². The van der Waals surface area contributed by atoms with Gasteiger partial charge in [0.05, 0.1) is 5.69 Å². The number of rotatable bonds is 5. The van der Waals surface area contributed by atoms with Crippen LogP contribution in [0.25, 0.3) is 16.9 Å². The lowest BCUT2D eigenvalue weighted by atomic mass is 10.0. The number of aryl methyl sites for hydroxylation is 2. The van der Waals surface area contributed by atoms with Gasteiger partial charge in [0, 0.05) is 24.1 Å². The van der Waals surface area contributed by atoms with Crippen molar-refractivity contribution < 1.29 is 0 Å². The zero-order chi connectivity index (χ0) is 20.7. The number of halogens is 1. The molecular weight excluding hydrogens is 430 g/mol. The van der Waals surface area contributed by atoms with E-state index < -0.39 is 0 Å². The average Bonchev–Trinajstić information content (AvgIpc) is 2.83. The van der Waals surface area contributed by atoms with Gasteiger partial charge in [0.25, 0.3) is 0 Å². The van der Waals surface area contributed by atoms with Crippen molar-refractivity contribution in [3.8, 4) is 5.69 Å². The Bertz CT molecular complexity index is 1110. The number of anilines is 1. The fourth-order valence-electron chi connectivity index (χ4n) is 4.04. The third-order valence-corrected chi connectivity index (χ3v) is 6.27. The number of hydrogen-bond donors (Lipinski definition) is 0. The van der Waals surface area contributed by atoms with Crippen molar-refractivity contribution in [2.75, 3.05) is 18.0 Å². The minimum atomic E-state index is -0.0449. The van der Waals surface area contributed by atoms with Crippen LogP contribution in [0.3, 0.4) is 0 Å². The highest BCUT2D eigenvalue weighted by Gasteiger charge is 2.26. The zero-order valence-electron chi connectivity index (χ0n) is 17.6. The molecule has 6 nitrogen and oxygen atoms in total. The van der Waals surface area contributed by atoms with Crippen molar-refractivity contribution in [1.82, 2.24) is 19.1 Å². The third-order valence-electron chi connectivity index (χ3n) is 5.63. The molecule has 0 radical (unpaired) electrons. The predicted octanol–water partition coefficient (Wildman–Crippen LogP) is 4.79. The van der Waals surface area contributed by atoms with E-state index in [-0.39, 0.29) is 5.69 Å². The minimum Gasteiger partial charge on any atom is -0.355 e. The minimum absolute atomic E-state index is 0.0449. The molecule has 0 saturated heterocycles. The molecule has 2 aromatic heterocycles. The van der Waals surface area contributed by atoms with E-state index in [2.05, 4.69) is 53.7 Å². The van der Waals surface area contributed by atoms with Gasteiger partial charge in [0.2, 0.25) is 0 Å². The molecule has 154 valence electrons. The third kappa shape index (κ3) is 3.50. The highest BCUT2D eigenvalue weighted by Crippen LogP contribution is 2.31. The largest absolute Gasteiger partial charge is 0.355 e. The molecule has 1 aliphatic rings. The van der Waals surface area contributed by atoms with Gasteiger partial charge in [-0.25, -0.2) is 19.3 Å². The van der Waals surface area contributed by atoms with E-state index in [1.807, 2.05) is 17.6 Å². The summed E-state index contributed by atoms with van der Waals surface area (Å²) in [7, 11) is 0. The van der Waals surface area contributed by atoms with Crippen molar-refractivity contribution in [3.05, 3.63) is 44.5 Å². The van der Waals surface area contributed by atoms with Crippen LogP contribution in [0.1, 0.15) is 57.3 Å². The van der Waals surface area contributed by atoms with Gasteiger partial charge in [0.15, 0.2) is 11.5 Å². The van der Waals surface area contributed by atoms with Crippen LogP contribution < -0.4 is 10.6 Å². The van der Waals surface area contributed by atoms with Crippen molar-refractivity contribution in [2.24, 2.45) is 0 Å². The molecule has 0 aliphatic carbocycles. The number of unbranched alkanes of at least 4 members (excludes halogenated alkanes) is 1. The summed E-state index contributed by atoms with van der Waals surface area (Å²) >= 11 is 3.69. The van der Waals surface area contributed by atoms with Crippen molar-refractivity contribution >= 4 is 32.9 Å². The van der Waals surface area contributed by atoms with Crippen LogP contribution >= 0.6 is 15.9 Å². The molecule has 0 N–H and O–H groups in total. The maximum absolute atomic E-state index is 13.5. The van der Waals surface area contributed by atoms with E-state index >= 15 is 0 Å². The summed E-state index contributed by atoms with van der Waals surface area (Å²) in [6, 6.07) is 6.21. The second kappa shape index (κ2) is 7.94. The van der Waals surface area contributed by atoms with E-state index in [0.717, 1.165) is 53.8 Å². The SMILES string of the molecule is CCCCN1CCCn2c(=O)n(-c3ccc(C(C)C)cc3Br)c3nc(C)nc1c32. The van der Waals surface area contributed by atoms with Gasteiger partial charge in [-0.1, -0.05) is 33.3 Å². The number of aromatic nitrogens is 4. The van der Waals surface area contributed by atoms with Crippen LogP contribution in [-0.2, 0) is 6.54 Å². The summed E-state index contributed by atoms with van der Waals surface area (Å²) < 4.78 is 4.51. The molecule has 0 amide bonds. The van der Waals surface area contributed by atoms with E-state index in [4.69, 9.17) is 9.97 Å². The summed E-state index contributed by atoms with van der Waals surface area (Å²) in [5.74, 6) is 2.01. The first-order valence-corrected chi connectivity index (χ1v) is 11.3. The zero-order valence-corrected chi connectivity index (χ0v) is 19.2. The Balaban J connectivity index is 1.98. The smallest absolute Gasteiger partial charge is 0.335 e. The molecule has 7 heteroatoms. The van der Waals surface area contributed by atoms with Gasteiger partial charge in [-0.15, -0.1) is 0 Å². The molecule has 1 aromatic carbocycles. The Labute approximate surface area is 179 Å². The molecule has 0 fully saturated rings. The maximum atomic E-state index is 13.5. The average molecular weight is 458 g/mol. The van der Waals surface area contributed by atoms with Crippen molar-refractivity contribution in [3.63, 3.8) is 0 Å². The van der Waals surface area contributed by atoms with Crippen molar-refractivity contribution in [1.29, 1.82) is 0 Å². The van der Waals surface area contributed by atoms with Gasteiger partial charge in [0.1, 0.15) is 11.3 Å². The lowest BCUT2D eigenvalue weighted by molar-refractivity contribution is 0.620. The summed E-state index contributed by atoms with van der Waals surface area (Å²) in [6.45, 7) is 11.0. The lowest BCUT2D eigenvalue weighted by Crippen LogP contribution is -2.27. The van der Waals surface area contributed by atoms with Crippen LogP contribution in [0.4, 0.5) is 5.82 Å². The normalized spacial score (nSPS) is 14.1. The van der Waals surface area contributed by atoms with E-state index in [1.165, 1.54) is 5.56 Å². The molecule has 1 aliphatic heterocycles. The molecule has 3 heterocycles. The molecule has 0 spiro atoms. The van der Waals surface area contributed by atoms with Crippen LogP contribution in [-0.4, -0.2) is 32.2 Å². The van der Waals surface area contributed by atoms with E-state index in [9.17, 15) is 4.79 Å². The molecule has 0 saturated carbocycles. The van der Waals surface area contributed by atoms with Gasteiger partial charge >= 0.3 is 5.69 Å². The molecule has 4 rings (SSSR count). The van der Waals surface area contributed by atoms with Gasteiger partial charge in [-0.2, -0.15) is 0 Å². The molecule has 0 unspecified atom stereocenters. The monoisotopic (exact) mass is 457 g/mol. The van der Waals surface area contributed by atoms with Crippen LogP contribution in [0.15, 0.2) is 27.5 Å². The van der Waals surface area contributed by atoms with E-state index in [1.54, 1.807) is 4.57 Å². The van der Waals surface area contributed by atoms with Crippen LogP contribution in [0, 0.1) is 6.92 Å². The fraction of sp³-hybridized carbons (Fsp3) is 0.500.